The van der Waals surface area contributed by atoms with Crippen LogP contribution in [0.1, 0.15) is 12.5 Å². The van der Waals surface area contributed by atoms with E-state index in [-0.39, 0.29) is 5.91 Å². The fraction of sp³-hybridized carbons (Fsp3) is 0.421. The highest BCUT2D eigenvalue weighted by molar-refractivity contribution is 5.81. The van der Waals surface area contributed by atoms with Crippen LogP contribution in [0.5, 0.6) is 11.5 Å². The molecule has 1 amide bonds. The molecule has 3 rings (SSSR count). The molecule has 7 heteroatoms. The Morgan fingerprint density at radius 1 is 1.15 bits per heavy atom. The second kappa shape index (κ2) is 8.03. The number of methoxy groups -OCH3 is 1. The summed E-state index contributed by atoms with van der Waals surface area (Å²) in [4.78, 5) is 16.7. The molecule has 1 aliphatic heterocycles. The molecule has 26 heavy (non-hydrogen) atoms. The summed E-state index contributed by atoms with van der Waals surface area (Å²) >= 11 is 0. The third-order valence-corrected chi connectivity index (χ3v) is 4.44. The first-order valence-corrected chi connectivity index (χ1v) is 8.71. The predicted octanol–water partition coefficient (Wildman–Crippen LogP) is 1.91. The van der Waals surface area contributed by atoms with Crippen molar-refractivity contribution in [2.75, 3.05) is 38.2 Å². The quantitative estimate of drug-likeness (QED) is 0.815. The molecule has 1 aliphatic rings. The van der Waals surface area contributed by atoms with E-state index in [4.69, 9.17) is 9.47 Å². The van der Waals surface area contributed by atoms with Crippen LogP contribution in [0.15, 0.2) is 36.5 Å². The van der Waals surface area contributed by atoms with Crippen LogP contribution in [-0.2, 0) is 4.79 Å². The number of ether oxygens (including phenoxy) is 2. The third-order valence-electron chi connectivity index (χ3n) is 4.44. The normalized spacial score (nSPS) is 15.5. The van der Waals surface area contributed by atoms with E-state index in [1.54, 1.807) is 20.2 Å². The number of aromatic nitrogens is 2. The minimum Gasteiger partial charge on any atom is -0.493 e. The van der Waals surface area contributed by atoms with Crippen molar-refractivity contribution in [3.05, 3.63) is 42.1 Å². The molecule has 7 nitrogen and oxygen atoms in total. The van der Waals surface area contributed by atoms with Gasteiger partial charge in [0.2, 0.25) is 0 Å². The Hall–Kier alpha value is -2.83. The number of rotatable bonds is 5. The van der Waals surface area contributed by atoms with Crippen molar-refractivity contribution < 1.29 is 14.3 Å². The molecule has 0 bridgehead atoms. The molecule has 0 N–H and O–H groups in total. The lowest BCUT2D eigenvalue weighted by molar-refractivity contribution is -0.138. The predicted molar refractivity (Wildman–Crippen MR) is 98.6 cm³/mol. The van der Waals surface area contributed by atoms with Gasteiger partial charge in [-0.2, -0.15) is 5.10 Å². The highest BCUT2D eigenvalue weighted by atomic mass is 16.5. The van der Waals surface area contributed by atoms with Crippen molar-refractivity contribution in [1.29, 1.82) is 0 Å². The standard InChI is InChI=1S/C19H24N4O3/c1-14-6-7-16(17(13-14)25-3)26-15(2)19(24)23-11-9-22(10-12-23)18-5-4-8-20-21-18/h4-8,13,15H,9-12H2,1-3H3. The van der Waals surface area contributed by atoms with Gasteiger partial charge in [-0.1, -0.05) is 6.07 Å². The van der Waals surface area contributed by atoms with Gasteiger partial charge in [-0.05, 0) is 43.7 Å². The van der Waals surface area contributed by atoms with Crippen molar-refractivity contribution in [2.24, 2.45) is 0 Å². The topological polar surface area (TPSA) is 67.8 Å². The van der Waals surface area contributed by atoms with Crippen LogP contribution >= 0.6 is 0 Å². The molecule has 1 aromatic carbocycles. The van der Waals surface area contributed by atoms with Crippen LogP contribution < -0.4 is 14.4 Å². The fourth-order valence-electron chi connectivity index (χ4n) is 2.99. The van der Waals surface area contributed by atoms with Crippen LogP contribution in [0, 0.1) is 6.92 Å². The zero-order chi connectivity index (χ0) is 18.5. The lowest BCUT2D eigenvalue weighted by Crippen LogP contribution is -2.52. The number of amides is 1. The Balaban J connectivity index is 1.58. The van der Waals surface area contributed by atoms with E-state index in [0.717, 1.165) is 24.5 Å². The maximum atomic E-state index is 12.7. The Labute approximate surface area is 153 Å². The number of anilines is 1. The van der Waals surface area contributed by atoms with Crippen LogP contribution in [0.3, 0.4) is 0 Å². The van der Waals surface area contributed by atoms with Gasteiger partial charge in [-0.15, -0.1) is 5.10 Å². The number of hydrogen-bond acceptors (Lipinski definition) is 6. The zero-order valence-electron chi connectivity index (χ0n) is 15.4. The molecule has 0 saturated carbocycles. The maximum absolute atomic E-state index is 12.7. The minimum atomic E-state index is -0.574. The first kappa shape index (κ1) is 18.0. The van der Waals surface area contributed by atoms with E-state index in [9.17, 15) is 4.79 Å². The molecule has 0 spiro atoms. The fourth-order valence-corrected chi connectivity index (χ4v) is 2.99. The molecule has 1 atom stereocenters. The molecular formula is C19H24N4O3. The van der Waals surface area contributed by atoms with Crippen LogP contribution in [-0.4, -0.2) is 60.4 Å². The Morgan fingerprint density at radius 2 is 1.92 bits per heavy atom. The van der Waals surface area contributed by atoms with E-state index in [0.29, 0.717) is 24.6 Å². The van der Waals surface area contributed by atoms with Gasteiger partial charge >= 0.3 is 0 Å². The van der Waals surface area contributed by atoms with Crippen molar-refractivity contribution in [3.63, 3.8) is 0 Å². The molecule has 1 aromatic heterocycles. The SMILES string of the molecule is COc1cc(C)ccc1OC(C)C(=O)N1CCN(c2cccnn2)CC1. The first-order valence-electron chi connectivity index (χ1n) is 8.71. The smallest absolute Gasteiger partial charge is 0.263 e. The molecule has 0 aliphatic carbocycles. The number of aryl methyl sites for hydroxylation is 1. The summed E-state index contributed by atoms with van der Waals surface area (Å²) in [6.45, 7) is 6.48. The number of nitrogens with zero attached hydrogens (tertiary/aromatic N) is 4. The summed E-state index contributed by atoms with van der Waals surface area (Å²) in [5.41, 5.74) is 1.08. The Morgan fingerprint density at radius 3 is 2.58 bits per heavy atom. The number of piperazine rings is 1. The molecule has 1 unspecified atom stereocenters. The number of benzene rings is 1. The number of hydrogen-bond donors (Lipinski definition) is 0. The molecular weight excluding hydrogens is 332 g/mol. The Bertz CT molecular complexity index is 746. The number of carbonyl (C=O) groups is 1. The highest BCUT2D eigenvalue weighted by Gasteiger charge is 2.27. The van der Waals surface area contributed by atoms with Crippen molar-refractivity contribution >= 4 is 11.7 Å². The van der Waals surface area contributed by atoms with Crippen molar-refractivity contribution in [1.82, 2.24) is 15.1 Å². The van der Waals surface area contributed by atoms with E-state index in [1.165, 1.54) is 0 Å². The van der Waals surface area contributed by atoms with E-state index < -0.39 is 6.10 Å². The lowest BCUT2D eigenvalue weighted by atomic mass is 10.2. The summed E-state index contributed by atoms with van der Waals surface area (Å²) in [6, 6.07) is 9.47. The summed E-state index contributed by atoms with van der Waals surface area (Å²) in [5.74, 6) is 2.04. The van der Waals surface area contributed by atoms with Gasteiger partial charge in [0, 0.05) is 32.4 Å². The van der Waals surface area contributed by atoms with Gasteiger partial charge in [0.1, 0.15) is 0 Å². The molecule has 2 aromatic rings. The van der Waals surface area contributed by atoms with E-state index >= 15 is 0 Å². The van der Waals surface area contributed by atoms with E-state index in [2.05, 4.69) is 15.1 Å². The minimum absolute atomic E-state index is 0.0218. The second-order valence-corrected chi connectivity index (χ2v) is 6.31. The van der Waals surface area contributed by atoms with Gasteiger partial charge in [-0.3, -0.25) is 4.79 Å². The summed E-state index contributed by atoms with van der Waals surface area (Å²) in [5, 5.41) is 8.03. The summed E-state index contributed by atoms with van der Waals surface area (Å²) < 4.78 is 11.2. The molecule has 2 heterocycles. The van der Waals surface area contributed by atoms with Crippen LogP contribution in [0.2, 0.25) is 0 Å². The maximum Gasteiger partial charge on any atom is 0.263 e. The largest absolute Gasteiger partial charge is 0.493 e. The average molecular weight is 356 g/mol. The molecule has 0 radical (unpaired) electrons. The molecule has 1 fully saturated rings. The monoisotopic (exact) mass is 356 g/mol. The van der Waals surface area contributed by atoms with Crippen LogP contribution in [0.4, 0.5) is 5.82 Å². The van der Waals surface area contributed by atoms with Crippen LogP contribution in [0.25, 0.3) is 0 Å². The van der Waals surface area contributed by atoms with E-state index in [1.807, 2.05) is 42.2 Å². The van der Waals surface area contributed by atoms with Gasteiger partial charge in [0.25, 0.3) is 5.91 Å². The average Bonchev–Trinajstić information content (AvgIpc) is 2.69. The lowest BCUT2D eigenvalue weighted by Gasteiger charge is -2.36. The van der Waals surface area contributed by atoms with Gasteiger partial charge in [-0.25, -0.2) is 0 Å². The first-order chi connectivity index (χ1) is 12.6. The second-order valence-electron chi connectivity index (χ2n) is 6.31. The zero-order valence-corrected chi connectivity index (χ0v) is 15.4. The van der Waals surface area contributed by atoms with Gasteiger partial charge < -0.3 is 19.3 Å². The Kier molecular flexibility index (Phi) is 5.55. The summed E-state index contributed by atoms with van der Waals surface area (Å²) in [6.07, 6.45) is 1.08. The van der Waals surface area contributed by atoms with Gasteiger partial charge in [0.05, 0.1) is 7.11 Å². The molecule has 1 saturated heterocycles. The highest BCUT2D eigenvalue weighted by Crippen LogP contribution is 2.29. The summed E-state index contributed by atoms with van der Waals surface area (Å²) in [7, 11) is 1.60. The number of carbonyl (C=O) groups excluding carboxylic acids is 1. The van der Waals surface area contributed by atoms with Gasteiger partial charge in [0.15, 0.2) is 23.4 Å². The molecule has 138 valence electrons. The van der Waals surface area contributed by atoms with Crippen molar-refractivity contribution in [3.8, 4) is 11.5 Å². The third kappa shape index (κ3) is 4.04. The van der Waals surface area contributed by atoms with Crippen molar-refractivity contribution in [2.45, 2.75) is 20.0 Å².